The monoisotopic (exact) mass is 329 g/mol. The van der Waals surface area contributed by atoms with Crippen LogP contribution in [0, 0.1) is 12.7 Å². The summed E-state index contributed by atoms with van der Waals surface area (Å²) in [5.74, 6) is -2.86. The van der Waals surface area contributed by atoms with Gasteiger partial charge in [-0.1, -0.05) is 0 Å². The molecular weight excluding hydrogens is 318 g/mol. The minimum Gasteiger partial charge on any atom is -0.478 e. The smallest absolute Gasteiger partial charge is 0.402 e. The van der Waals surface area contributed by atoms with E-state index in [4.69, 9.17) is 5.11 Å². The van der Waals surface area contributed by atoms with E-state index in [1.807, 2.05) is 0 Å². The van der Waals surface area contributed by atoms with Crippen LogP contribution >= 0.6 is 0 Å². The highest BCUT2D eigenvalue weighted by atomic mass is 32.2. The van der Waals surface area contributed by atoms with Crippen LogP contribution in [0.4, 0.5) is 17.6 Å². The molecule has 0 atom stereocenters. The van der Waals surface area contributed by atoms with E-state index >= 15 is 0 Å². The Bertz CT molecular complexity index is 670. The molecule has 0 unspecified atom stereocenters. The Morgan fingerprint density at radius 2 is 1.86 bits per heavy atom. The average Bonchev–Trinajstić information content (AvgIpc) is 2.29. The molecule has 0 aromatic heterocycles. The van der Waals surface area contributed by atoms with Crippen molar-refractivity contribution in [2.45, 2.75) is 18.0 Å². The molecular formula is C11H11F4NO4S. The normalized spacial score (nSPS) is 12.7. The summed E-state index contributed by atoms with van der Waals surface area (Å²) in [4.78, 5) is 10.1. The number of sulfonamides is 1. The van der Waals surface area contributed by atoms with Gasteiger partial charge >= 0.3 is 12.1 Å². The maximum atomic E-state index is 13.5. The van der Waals surface area contributed by atoms with Crippen molar-refractivity contribution in [2.24, 2.45) is 0 Å². The molecule has 0 spiro atoms. The van der Waals surface area contributed by atoms with Gasteiger partial charge in [0.1, 0.15) is 12.4 Å². The van der Waals surface area contributed by atoms with E-state index < -0.39 is 45.0 Å². The fraction of sp³-hybridized carbons (Fsp3) is 0.364. The zero-order valence-corrected chi connectivity index (χ0v) is 11.7. The summed E-state index contributed by atoms with van der Waals surface area (Å²) in [5.41, 5.74) is -1.22. The third-order valence-electron chi connectivity index (χ3n) is 2.57. The molecule has 0 bridgehead atoms. The van der Waals surface area contributed by atoms with Gasteiger partial charge in [-0.05, 0) is 24.6 Å². The molecule has 5 nitrogen and oxygen atoms in total. The molecule has 10 heteroatoms. The number of hydrogen-bond donors (Lipinski definition) is 1. The minimum atomic E-state index is -4.76. The molecule has 21 heavy (non-hydrogen) atoms. The molecule has 0 heterocycles. The van der Waals surface area contributed by atoms with Crippen LogP contribution in [-0.4, -0.2) is 43.6 Å². The van der Waals surface area contributed by atoms with E-state index in [9.17, 15) is 30.8 Å². The van der Waals surface area contributed by atoms with Gasteiger partial charge in [0.25, 0.3) is 0 Å². The maximum absolute atomic E-state index is 13.5. The number of hydrogen-bond acceptors (Lipinski definition) is 3. The fourth-order valence-corrected chi connectivity index (χ4v) is 2.83. The lowest BCUT2D eigenvalue weighted by atomic mass is 10.1. The van der Waals surface area contributed by atoms with Gasteiger partial charge in [0.2, 0.25) is 10.0 Å². The van der Waals surface area contributed by atoms with E-state index in [0.717, 1.165) is 13.0 Å². The Labute approximate surface area is 117 Å². The number of rotatable bonds is 4. The van der Waals surface area contributed by atoms with Crippen LogP contribution in [0.2, 0.25) is 0 Å². The van der Waals surface area contributed by atoms with Gasteiger partial charge in [0.15, 0.2) is 0 Å². The molecule has 118 valence electrons. The second-order valence-electron chi connectivity index (χ2n) is 4.28. The molecule has 0 aliphatic heterocycles. The summed E-state index contributed by atoms with van der Waals surface area (Å²) in [6.07, 6.45) is -4.76. The Morgan fingerprint density at radius 1 is 1.33 bits per heavy atom. The number of nitrogens with zero attached hydrogens (tertiary/aromatic N) is 1. The van der Waals surface area contributed by atoms with Gasteiger partial charge in [-0.25, -0.2) is 17.6 Å². The van der Waals surface area contributed by atoms with Gasteiger partial charge in [-0.15, -0.1) is 0 Å². The number of carboxylic acid groups (broad SMARTS) is 1. The van der Waals surface area contributed by atoms with Gasteiger partial charge in [-0.3, -0.25) is 0 Å². The molecule has 0 fully saturated rings. The third kappa shape index (κ3) is 3.91. The van der Waals surface area contributed by atoms with Crippen LogP contribution in [0.15, 0.2) is 17.0 Å². The van der Waals surface area contributed by atoms with Gasteiger partial charge in [0, 0.05) is 7.05 Å². The molecule has 1 aromatic carbocycles. The molecule has 1 aromatic rings. The largest absolute Gasteiger partial charge is 0.478 e. The number of alkyl halides is 3. The highest BCUT2D eigenvalue weighted by Gasteiger charge is 2.35. The second kappa shape index (κ2) is 5.60. The van der Waals surface area contributed by atoms with Crippen molar-refractivity contribution in [1.29, 1.82) is 0 Å². The van der Waals surface area contributed by atoms with E-state index in [1.54, 1.807) is 0 Å². The first kappa shape index (κ1) is 17.4. The van der Waals surface area contributed by atoms with Crippen LogP contribution in [0.25, 0.3) is 0 Å². The number of carboxylic acids is 1. The SMILES string of the molecule is Cc1cc(S(=O)(=O)N(C)CC(F)(F)F)cc(C(=O)O)c1F. The number of carbonyl (C=O) groups is 1. The lowest BCUT2D eigenvalue weighted by Gasteiger charge is -2.19. The first-order chi connectivity index (χ1) is 9.36. The standard InChI is InChI=1S/C11H11F4NO4S/c1-6-3-7(4-8(9(6)12)10(17)18)21(19,20)16(2)5-11(13,14)15/h3-4H,5H2,1-2H3,(H,17,18). The fourth-order valence-electron chi connectivity index (χ4n) is 1.56. The van der Waals surface area contributed by atoms with Crippen molar-refractivity contribution >= 4 is 16.0 Å². The van der Waals surface area contributed by atoms with Crippen LogP contribution in [0.3, 0.4) is 0 Å². The Morgan fingerprint density at radius 3 is 2.29 bits per heavy atom. The molecule has 1 N–H and O–H groups in total. The van der Waals surface area contributed by atoms with Crippen LogP contribution < -0.4 is 0 Å². The first-order valence-electron chi connectivity index (χ1n) is 5.43. The highest BCUT2D eigenvalue weighted by molar-refractivity contribution is 7.89. The van der Waals surface area contributed by atoms with Crippen LogP contribution in [-0.2, 0) is 10.0 Å². The van der Waals surface area contributed by atoms with E-state index in [1.165, 1.54) is 0 Å². The Kier molecular flexibility index (Phi) is 4.63. The number of halogens is 4. The van der Waals surface area contributed by atoms with Gasteiger partial charge < -0.3 is 5.11 Å². The van der Waals surface area contributed by atoms with E-state index in [0.29, 0.717) is 13.1 Å². The van der Waals surface area contributed by atoms with Crippen molar-refractivity contribution in [2.75, 3.05) is 13.6 Å². The summed E-state index contributed by atoms with van der Waals surface area (Å²) in [7, 11) is -3.89. The van der Waals surface area contributed by atoms with Crippen molar-refractivity contribution in [3.8, 4) is 0 Å². The van der Waals surface area contributed by atoms with Gasteiger partial charge in [-0.2, -0.15) is 17.5 Å². The van der Waals surface area contributed by atoms with Crippen LogP contribution in [0.5, 0.6) is 0 Å². The van der Waals surface area contributed by atoms with Crippen molar-refractivity contribution < 1.29 is 35.9 Å². The average molecular weight is 329 g/mol. The molecule has 1 rings (SSSR count). The van der Waals surface area contributed by atoms with E-state index in [-0.39, 0.29) is 9.87 Å². The van der Waals surface area contributed by atoms with E-state index in [2.05, 4.69) is 0 Å². The highest BCUT2D eigenvalue weighted by Crippen LogP contribution is 2.24. The topological polar surface area (TPSA) is 74.7 Å². The second-order valence-corrected chi connectivity index (χ2v) is 6.33. The Hall–Kier alpha value is -1.68. The van der Waals surface area contributed by atoms with Crippen LogP contribution in [0.1, 0.15) is 15.9 Å². The third-order valence-corrected chi connectivity index (χ3v) is 4.35. The summed E-state index contributed by atoms with van der Waals surface area (Å²) in [6, 6.07) is 1.27. The molecule has 0 aliphatic carbocycles. The molecule has 0 amide bonds. The zero-order chi connectivity index (χ0) is 16.6. The zero-order valence-electron chi connectivity index (χ0n) is 10.9. The number of benzene rings is 1. The molecule has 0 radical (unpaired) electrons. The van der Waals surface area contributed by atoms with Crippen molar-refractivity contribution in [3.05, 3.63) is 29.1 Å². The predicted octanol–water partition coefficient (Wildman–Crippen LogP) is 2.02. The summed E-state index contributed by atoms with van der Waals surface area (Å²) in [5, 5.41) is 8.78. The van der Waals surface area contributed by atoms with Crippen molar-refractivity contribution in [3.63, 3.8) is 0 Å². The Balaban J connectivity index is 3.36. The maximum Gasteiger partial charge on any atom is 0.402 e. The first-order valence-corrected chi connectivity index (χ1v) is 6.87. The quantitative estimate of drug-likeness (QED) is 0.858. The van der Waals surface area contributed by atoms with Crippen molar-refractivity contribution in [1.82, 2.24) is 4.31 Å². The summed E-state index contributed by atoms with van der Waals surface area (Å²) < 4.78 is 74.2. The molecule has 0 saturated carbocycles. The predicted molar refractivity (Wildman–Crippen MR) is 64.0 cm³/mol. The summed E-state index contributed by atoms with van der Waals surface area (Å²) in [6.45, 7) is -0.626. The number of aromatic carboxylic acids is 1. The lowest BCUT2D eigenvalue weighted by molar-refractivity contribution is -0.134. The summed E-state index contributed by atoms with van der Waals surface area (Å²) >= 11 is 0. The lowest BCUT2D eigenvalue weighted by Crippen LogP contribution is -2.36. The molecule has 0 saturated heterocycles. The minimum absolute atomic E-state index is 0.0192. The van der Waals surface area contributed by atoms with Gasteiger partial charge in [0.05, 0.1) is 10.5 Å². The number of aryl methyl sites for hydroxylation is 1. The molecule has 0 aliphatic rings.